The van der Waals surface area contributed by atoms with Crippen molar-refractivity contribution in [1.82, 2.24) is 9.88 Å². The lowest BCUT2D eigenvalue weighted by Crippen LogP contribution is -3.12. The number of fused-ring (bicyclic) bond motifs is 1. The summed E-state index contributed by atoms with van der Waals surface area (Å²) in [6.45, 7) is 4.09. The van der Waals surface area contributed by atoms with Crippen LogP contribution >= 0.6 is 35.3 Å². The second-order valence-electron chi connectivity index (χ2n) is 5.90. The Balaban J connectivity index is 1.51. The zero-order valence-electron chi connectivity index (χ0n) is 14.2. The number of rotatable bonds is 4. The van der Waals surface area contributed by atoms with Gasteiger partial charge < -0.3 is 19.9 Å². The molecule has 0 aliphatic carbocycles. The number of ether oxygens (including phenoxy) is 1. The Bertz CT molecular complexity index is 772. The van der Waals surface area contributed by atoms with Crippen LogP contribution in [-0.4, -0.2) is 66.2 Å². The van der Waals surface area contributed by atoms with Gasteiger partial charge in [-0.3, -0.25) is 4.79 Å². The van der Waals surface area contributed by atoms with E-state index in [-0.39, 0.29) is 5.91 Å². The van der Waals surface area contributed by atoms with Crippen LogP contribution in [0.15, 0.2) is 18.2 Å². The maximum absolute atomic E-state index is 12.2. The van der Waals surface area contributed by atoms with Crippen molar-refractivity contribution < 1.29 is 14.4 Å². The molecule has 0 unspecified atom stereocenters. The molecular weight excluding hydrogens is 376 g/mol. The number of thiazole rings is 1. The highest BCUT2D eigenvalue weighted by Crippen LogP contribution is 2.29. The van der Waals surface area contributed by atoms with Gasteiger partial charge in [-0.15, -0.1) is 0 Å². The number of hydrogen-bond donors (Lipinski definition) is 2. The van der Waals surface area contributed by atoms with Crippen LogP contribution in [0.5, 0.6) is 5.75 Å². The molecule has 2 aromatic rings. The number of nitrogens with zero attached hydrogens (tertiary/aromatic N) is 2. The zero-order chi connectivity index (χ0) is 17.8. The summed E-state index contributed by atoms with van der Waals surface area (Å²) in [4.78, 5) is 20.3. The van der Waals surface area contributed by atoms with Crippen LogP contribution in [0.4, 0.5) is 5.13 Å². The van der Waals surface area contributed by atoms with Crippen LogP contribution in [0, 0.1) is 0 Å². The number of hydrogen-bond acceptors (Lipinski definition) is 6. The number of benzene rings is 1. The first kappa shape index (κ1) is 18.4. The fraction of sp³-hybridized carbons (Fsp3) is 0.438. The summed E-state index contributed by atoms with van der Waals surface area (Å²) in [6, 6.07) is 5.67. The van der Waals surface area contributed by atoms with Crippen molar-refractivity contribution in [1.29, 1.82) is 0 Å². The lowest BCUT2D eigenvalue weighted by atomic mass is 10.3. The molecule has 0 spiro atoms. The average molecular weight is 398 g/mol. The van der Waals surface area contributed by atoms with E-state index in [9.17, 15) is 4.79 Å². The molecule has 134 valence electrons. The van der Waals surface area contributed by atoms with Crippen molar-refractivity contribution in [2.45, 2.75) is 0 Å². The Morgan fingerprint density at radius 3 is 2.96 bits per heavy atom. The molecule has 0 saturated carbocycles. The highest BCUT2D eigenvalue weighted by molar-refractivity contribution is 8.23. The van der Waals surface area contributed by atoms with E-state index in [1.807, 2.05) is 18.2 Å². The van der Waals surface area contributed by atoms with Gasteiger partial charge in [0.2, 0.25) is 5.91 Å². The molecule has 9 heteroatoms. The Kier molecular flexibility index (Phi) is 6.10. The number of thiocarbonyl (C=S) groups is 1. The summed E-state index contributed by atoms with van der Waals surface area (Å²) in [5, 5.41) is 3.46. The molecule has 2 heterocycles. The minimum absolute atomic E-state index is 0.0851. The van der Waals surface area contributed by atoms with E-state index in [0.29, 0.717) is 10.9 Å². The molecule has 1 aliphatic rings. The Morgan fingerprint density at radius 2 is 2.24 bits per heavy atom. The summed E-state index contributed by atoms with van der Waals surface area (Å²) in [7, 11) is 3.82. The molecule has 1 amide bonds. The van der Waals surface area contributed by atoms with Crippen molar-refractivity contribution in [3.05, 3.63) is 18.2 Å². The van der Waals surface area contributed by atoms with Gasteiger partial charge in [0.05, 0.1) is 56.3 Å². The minimum Gasteiger partial charge on any atom is -0.497 e. The van der Waals surface area contributed by atoms with E-state index >= 15 is 0 Å². The van der Waals surface area contributed by atoms with E-state index in [1.54, 1.807) is 7.11 Å². The van der Waals surface area contributed by atoms with Gasteiger partial charge in [0.1, 0.15) is 10.1 Å². The van der Waals surface area contributed by atoms with Crippen molar-refractivity contribution in [3.63, 3.8) is 0 Å². The van der Waals surface area contributed by atoms with Gasteiger partial charge in [0.25, 0.3) is 0 Å². The average Bonchev–Trinajstić information content (AvgIpc) is 3.01. The molecule has 1 fully saturated rings. The molecule has 0 radical (unpaired) electrons. The van der Waals surface area contributed by atoms with Gasteiger partial charge in [-0.05, 0) is 18.2 Å². The highest BCUT2D eigenvalue weighted by Gasteiger charge is 2.20. The first-order valence-electron chi connectivity index (χ1n) is 8.02. The first-order chi connectivity index (χ1) is 12.0. The van der Waals surface area contributed by atoms with Crippen LogP contribution in [-0.2, 0) is 4.79 Å². The number of amides is 1. The number of carbonyl (C=O) groups excluding carboxylic acids is 1. The third kappa shape index (κ3) is 4.81. The van der Waals surface area contributed by atoms with Crippen molar-refractivity contribution in [3.8, 4) is 5.75 Å². The molecule has 25 heavy (non-hydrogen) atoms. The summed E-state index contributed by atoms with van der Waals surface area (Å²) in [5.41, 5.74) is 0.851. The highest BCUT2D eigenvalue weighted by atomic mass is 32.2. The van der Waals surface area contributed by atoms with Crippen LogP contribution in [0.25, 0.3) is 10.2 Å². The molecule has 6 nitrogen and oxygen atoms in total. The number of quaternary nitrogens is 1. The van der Waals surface area contributed by atoms with Gasteiger partial charge in [-0.25, -0.2) is 4.98 Å². The summed E-state index contributed by atoms with van der Waals surface area (Å²) in [6.07, 6.45) is 0. The number of anilines is 1. The van der Waals surface area contributed by atoms with E-state index in [2.05, 4.69) is 22.2 Å². The molecule has 1 saturated heterocycles. The lowest BCUT2D eigenvalue weighted by molar-refractivity contribution is -0.883. The van der Waals surface area contributed by atoms with Gasteiger partial charge >= 0.3 is 0 Å². The van der Waals surface area contributed by atoms with Crippen LogP contribution in [0.3, 0.4) is 0 Å². The number of piperazine rings is 1. The van der Waals surface area contributed by atoms with Gasteiger partial charge in [-0.2, -0.15) is 0 Å². The van der Waals surface area contributed by atoms with Crippen molar-refractivity contribution >= 4 is 60.9 Å². The predicted molar refractivity (Wildman–Crippen MR) is 108 cm³/mol. The Labute approximate surface area is 160 Å². The SMILES string of the molecule is COc1ccc2nc(NC(=O)CSC(=S)N3CC[NH+](C)CC3)sc2c1. The fourth-order valence-corrected chi connectivity index (χ4v) is 4.49. The van der Waals surface area contributed by atoms with E-state index in [4.69, 9.17) is 17.0 Å². The molecule has 1 aromatic carbocycles. The van der Waals surface area contributed by atoms with E-state index in [0.717, 1.165) is 46.5 Å². The molecule has 1 aromatic heterocycles. The summed E-state index contributed by atoms with van der Waals surface area (Å²) < 4.78 is 7.00. The summed E-state index contributed by atoms with van der Waals surface area (Å²) >= 11 is 8.31. The molecule has 2 N–H and O–H groups in total. The standard InChI is InChI=1S/C16H20N4O2S3/c1-19-5-7-20(8-6-19)16(23)24-10-14(21)18-15-17-12-4-3-11(22-2)9-13(12)25-15/h3-4,9H,5-8,10H2,1-2H3,(H,17,18,21)/p+1. The quantitative estimate of drug-likeness (QED) is 0.754. The maximum atomic E-state index is 12.2. The van der Waals surface area contributed by atoms with Crippen LogP contribution < -0.4 is 15.0 Å². The zero-order valence-corrected chi connectivity index (χ0v) is 16.7. The number of aromatic nitrogens is 1. The van der Waals surface area contributed by atoms with Crippen LogP contribution in [0.2, 0.25) is 0 Å². The topological polar surface area (TPSA) is 58.9 Å². The van der Waals surface area contributed by atoms with Crippen molar-refractivity contribution in [2.24, 2.45) is 0 Å². The minimum atomic E-state index is -0.0851. The number of likely N-dealkylation sites (N-methyl/N-ethyl adjacent to an activating group) is 1. The van der Waals surface area contributed by atoms with Crippen molar-refractivity contribution in [2.75, 3.05) is 51.4 Å². The second-order valence-corrected chi connectivity index (χ2v) is 8.54. The fourth-order valence-electron chi connectivity index (χ4n) is 2.53. The largest absolute Gasteiger partial charge is 0.497 e. The van der Waals surface area contributed by atoms with Gasteiger partial charge in [0.15, 0.2) is 5.13 Å². The Morgan fingerprint density at radius 1 is 1.48 bits per heavy atom. The first-order valence-corrected chi connectivity index (χ1v) is 10.2. The Hall–Kier alpha value is -1.42. The van der Waals surface area contributed by atoms with Gasteiger partial charge in [-0.1, -0.05) is 35.3 Å². The van der Waals surface area contributed by atoms with E-state index < -0.39 is 0 Å². The summed E-state index contributed by atoms with van der Waals surface area (Å²) in [5.74, 6) is 0.999. The second kappa shape index (κ2) is 8.31. The molecule has 1 aliphatic heterocycles. The third-order valence-corrected chi connectivity index (χ3v) is 6.50. The van der Waals surface area contributed by atoms with Gasteiger partial charge in [0, 0.05) is 0 Å². The maximum Gasteiger partial charge on any atom is 0.236 e. The lowest BCUT2D eigenvalue weighted by Gasteiger charge is -2.31. The number of methoxy groups -OCH3 is 1. The number of thioether (sulfide) groups is 1. The molecule has 0 atom stereocenters. The number of carbonyl (C=O) groups is 1. The molecule has 3 rings (SSSR count). The number of nitrogens with one attached hydrogen (secondary N) is 2. The molecular formula is C16H21N4O2S3+. The third-order valence-electron chi connectivity index (χ3n) is 4.04. The molecule has 0 bridgehead atoms. The predicted octanol–water partition coefficient (Wildman–Crippen LogP) is 1.09. The van der Waals surface area contributed by atoms with E-state index in [1.165, 1.54) is 28.0 Å². The van der Waals surface area contributed by atoms with Crippen LogP contribution in [0.1, 0.15) is 0 Å². The smallest absolute Gasteiger partial charge is 0.236 e. The normalized spacial score (nSPS) is 15.4. The monoisotopic (exact) mass is 397 g/mol.